The molecular weight excluding hydrogens is 278 g/mol. The van der Waals surface area contributed by atoms with Crippen molar-refractivity contribution in [3.8, 4) is 0 Å². The van der Waals surface area contributed by atoms with Crippen LogP contribution in [-0.2, 0) is 4.74 Å². The highest BCUT2D eigenvalue weighted by molar-refractivity contribution is 5.81. The normalized spacial score (nSPS) is 32.6. The molecule has 2 aromatic heterocycles. The van der Waals surface area contributed by atoms with Gasteiger partial charge in [0.15, 0.2) is 23.3 Å². The van der Waals surface area contributed by atoms with Crippen molar-refractivity contribution in [1.82, 2.24) is 19.5 Å². The van der Waals surface area contributed by atoms with Crippen molar-refractivity contribution in [3.63, 3.8) is 0 Å². The minimum absolute atomic E-state index is 0.193. The van der Waals surface area contributed by atoms with Crippen LogP contribution in [0.5, 0.6) is 0 Å². The highest BCUT2D eigenvalue weighted by atomic mass is 16.6. The van der Waals surface area contributed by atoms with E-state index >= 15 is 0 Å². The minimum Gasteiger partial charge on any atom is -0.394 e. The Kier molecular flexibility index (Phi) is 3.14. The van der Waals surface area contributed by atoms with E-state index in [9.17, 15) is 15.3 Å². The molecule has 0 spiro atoms. The maximum absolute atomic E-state index is 10.6. The van der Waals surface area contributed by atoms with Gasteiger partial charge < -0.3 is 25.8 Å². The van der Waals surface area contributed by atoms with E-state index < -0.39 is 30.6 Å². The van der Waals surface area contributed by atoms with Crippen molar-refractivity contribution < 1.29 is 20.1 Å². The number of ether oxygens (including phenoxy) is 1. The first-order chi connectivity index (χ1) is 10.0. The van der Waals surface area contributed by atoms with Crippen LogP contribution in [-0.4, -0.2) is 59.3 Å². The predicted octanol–water partition coefficient (Wildman–Crippen LogP) is -1.42. The van der Waals surface area contributed by atoms with Crippen LogP contribution < -0.4 is 5.73 Å². The fraction of sp³-hybridized carbons (Fsp3) is 0.417. The highest BCUT2D eigenvalue weighted by Crippen LogP contribution is 2.40. The number of nitrogens with zero attached hydrogens (tertiary/aromatic N) is 4. The Labute approximate surface area is 119 Å². The van der Waals surface area contributed by atoms with Gasteiger partial charge in [0.25, 0.3) is 0 Å². The van der Waals surface area contributed by atoms with Crippen molar-refractivity contribution in [2.24, 2.45) is 0 Å². The smallest absolute Gasteiger partial charge is 0.172 e. The van der Waals surface area contributed by atoms with Crippen molar-refractivity contribution in [2.75, 3.05) is 12.3 Å². The number of imidazole rings is 1. The second kappa shape index (κ2) is 4.74. The lowest BCUT2D eigenvalue weighted by Gasteiger charge is -2.28. The number of nitrogens with two attached hydrogens (primary N) is 1. The fourth-order valence-corrected chi connectivity index (χ4v) is 2.49. The monoisotopic (exact) mass is 293 g/mol. The van der Waals surface area contributed by atoms with Gasteiger partial charge in [-0.2, -0.15) is 0 Å². The van der Waals surface area contributed by atoms with E-state index in [0.717, 1.165) is 0 Å². The summed E-state index contributed by atoms with van der Waals surface area (Å²) in [4.78, 5) is 12.0. The van der Waals surface area contributed by atoms with E-state index in [1.165, 1.54) is 23.3 Å². The summed E-state index contributed by atoms with van der Waals surface area (Å²) in [6.45, 7) is 3.08. The molecule has 2 aromatic rings. The third-order valence-electron chi connectivity index (χ3n) is 3.67. The second-order valence-electron chi connectivity index (χ2n) is 4.83. The summed E-state index contributed by atoms with van der Waals surface area (Å²) in [7, 11) is 0. The fourth-order valence-electron chi connectivity index (χ4n) is 2.49. The molecule has 9 nitrogen and oxygen atoms in total. The topological polar surface area (TPSA) is 140 Å². The second-order valence-corrected chi connectivity index (χ2v) is 4.83. The summed E-state index contributed by atoms with van der Waals surface area (Å²) in [5.74, 6) is 0.193. The molecule has 0 saturated carbocycles. The SMILES string of the molecule is C=CC1(O)C(O)C(CO)OC1n1cnc2c(N)ncnc21. The van der Waals surface area contributed by atoms with Crippen molar-refractivity contribution in [3.05, 3.63) is 25.3 Å². The van der Waals surface area contributed by atoms with Crippen LogP contribution in [0.25, 0.3) is 11.2 Å². The van der Waals surface area contributed by atoms with Gasteiger partial charge in [0, 0.05) is 0 Å². The first-order valence-corrected chi connectivity index (χ1v) is 6.26. The summed E-state index contributed by atoms with van der Waals surface area (Å²) < 4.78 is 6.95. The highest BCUT2D eigenvalue weighted by Gasteiger charge is 2.54. The van der Waals surface area contributed by atoms with E-state index in [1.54, 1.807) is 0 Å². The van der Waals surface area contributed by atoms with Crippen LogP contribution in [0.4, 0.5) is 5.82 Å². The van der Waals surface area contributed by atoms with Gasteiger partial charge in [-0.15, -0.1) is 0 Å². The molecule has 5 N–H and O–H groups in total. The molecule has 9 heteroatoms. The Bertz CT molecular complexity index is 689. The van der Waals surface area contributed by atoms with Crippen LogP contribution in [0, 0.1) is 0 Å². The standard InChI is InChI=1S/C12H15N5O4/c1-2-12(20)8(19)6(3-18)21-11(12)17-5-16-7-9(13)14-4-15-10(7)17/h2,4-6,8,11,18-20H,1,3H2,(H2,13,14,15). The number of aromatic nitrogens is 4. The van der Waals surface area contributed by atoms with Gasteiger partial charge in [-0.3, -0.25) is 4.57 Å². The third-order valence-corrected chi connectivity index (χ3v) is 3.67. The molecule has 1 fully saturated rings. The zero-order valence-electron chi connectivity index (χ0n) is 11.0. The Hall–Kier alpha value is -2.07. The Morgan fingerprint density at radius 1 is 1.48 bits per heavy atom. The Morgan fingerprint density at radius 3 is 2.90 bits per heavy atom. The largest absolute Gasteiger partial charge is 0.394 e. The van der Waals surface area contributed by atoms with E-state index in [0.29, 0.717) is 11.2 Å². The van der Waals surface area contributed by atoms with Crippen LogP contribution in [0.1, 0.15) is 6.23 Å². The first-order valence-electron chi connectivity index (χ1n) is 6.26. The lowest BCUT2D eigenvalue weighted by Crippen LogP contribution is -2.45. The predicted molar refractivity (Wildman–Crippen MR) is 71.9 cm³/mol. The molecule has 4 atom stereocenters. The quantitative estimate of drug-likeness (QED) is 0.505. The number of rotatable bonds is 3. The van der Waals surface area contributed by atoms with Crippen LogP contribution in [0.2, 0.25) is 0 Å². The van der Waals surface area contributed by atoms with Gasteiger partial charge in [-0.25, -0.2) is 15.0 Å². The Morgan fingerprint density at radius 2 is 2.24 bits per heavy atom. The molecule has 4 unspecified atom stereocenters. The molecule has 3 heterocycles. The summed E-state index contributed by atoms with van der Waals surface area (Å²) >= 11 is 0. The molecule has 112 valence electrons. The van der Waals surface area contributed by atoms with Gasteiger partial charge in [0.05, 0.1) is 12.9 Å². The van der Waals surface area contributed by atoms with Crippen LogP contribution >= 0.6 is 0 Å². The third kappa shape index (κ3) is 1.83. The molecular formula is C12H15N5O4. The van der Waals surface area contributed by atoms with Crippen LogP contribution in [0.3, 0.4) is 0 Å². The van der Waals surface area contributed by atoms with Gasteiger partial charge in [-0.1, -0.05) is 12.7 Å². The van der Waals surface area contributed by atoms with E-state index in [-0.39, 0.29) is 5.82 Å². The first kappa shape index (κ1) is 13.9. The summed E-state index contributed by atoms with van der Waals surface area (Å²) in [6, 6.07) is 0. The number of nitrogen functional groups attached to an aromatic ring is 1. The van der Waals surface area contributed by atoms with E-state index in [4.69, 9.17) is 10.5 Å². The molecule has 0 amide bonds. The van der Waals surface area contributed by atoms with Crippen molar-refractivity contribution >= 4 is 17.0 Å². The molecule has 0 aliphatic carbocycles. The molecule has 1 aliphatic rings. The van der Waals surface area contributed by atoms with Crippen LogP contribution in [0.15, 0.2) is 25.3 Å². The van der Waals surface area contributed by atoms with Gasteiger partial charge in [-0.05, 0) is 0 Å². The average molecular weight is 293 g/mol. The van der Waals surface area contributed by atoms with E-state index in [1.807, 2.05) is 0 Å². The summed E-state index contributed by atoms with van der Waals surface area (Å²) in [5, 5.41) is 29.9. The van der Waals surface area contributed by atoms with E-state index in [2.05, 4.69) is 21.5 Å². The number of anilines is 1. The summed E-state index contributed by atoms with van der Waals surface area (Å²) in [5.41, 5.74) is 4.62. The number of fused-ring (bicyclic) bond motifs is 1. The van der Waals surface area contributed by atoms with Crippen molar-refractivity contribution in [2.45, 2.75) is 24.0 Å². The maximum Gasteiger partial charge on any atom is 0.172 e. The maximum atomic E-state index is 10.6. The van der Waals surface area contributed by atoms with Gasteiger partial charge in [0.2, 0.25) is 0 Å². The number of hydrogen-bond acceptors (Lipinski definition) is 8. The number of aliphatic hydroxyl groups excluding tert-OH is 2. The number of aliphatic hydroxyl groups is 3. The molecule has 1 aliphatic heterocycles. The average Bonchev–Trinajstić information content (AvgIpc) is 3.01. The van der Waals surface area contributed by atoms with Gasteiger partial charge in [0.1, 0.15) is 24.1 Å². The molecule has 0 bridgehead atoms. The Balaban J connectivity index is 2.13. The molecule has 0 aromatic carbocycles. The summed E-state index contributed by atoms with van der Waals surface area (Å²) in [6.07, 6.45) is 0.491. The lowest BCUT2D eigenvalue weighted by molar-refractivity contribution is -0.0771. The molecule has 3 rings (SSSR count). The van der Waals surface area contributed by atoms with Gasteiger partial charge >= 0.3 is 0 Å². The zero-order valence-corrected chi connectivity index (χ0v) is 11.0. The molecule has 0 radical (unpaired) electrons. The van der Waals surface area contributed by atoms with Crippen molar-refractivity contribution in [1.29, 1.82) is 0 Å². The minimum atomic E-state index is -1.79. The number of hydrogen-bond donors (Lipinski definition) is 4. The lowest BCUT2D eigenvalue weighted by atomic mass is 9.94. The molecule has 1 saturated heterocycles. The zero-order chi connectivity index (χ0) is 15.2. The molecule has 21 heavy (non-hydrogen) atoms.